The lowest BCUT2D eigenvalue weighted by molar-refractivity contribution is -0.00588. The van der Waals surface area contributed by atoms with Crippen LogP contribution in [0.2, 0.25) is 0 Å². The highest BCUT2D eigenvalue weighted by atomic mass is 16.3. The number of rotatable bonds is 4. The van der Waals surface area contributed by atoms with Crippen molar-refractivity contribution in [1.82, 2.24) is 24.9 Å². The Morgan fingerprint density at radius 1 is 1.27 bits per heavy atom. The number of benzene rings is 1. The number of hydrogen-bond acceptors (Lipinski definition) is 4. The van der Waals surface area contributed by atoms with Gasteiger partial charge in [0, 0.05) is 23.7 Å². The number of aryl methyl sites for hydroxylation is 2. The van der Waals surface area contributed by atoms with E-state index in [1.165, 1.54) is 0 Å². The molecular weight excluding hydrogens is 330 g/mol. The molecule has 2 N–H and O–H groups in total. The van der Waals surface area contributed by atoms with Gasteiger partial charge in [-0.3, -0.25) is 9.48 Å². The van der Waals surface area contributed by atoms with Gasteiger partial charge in [-0.2, -0.15) is 10.2 Å². The molecular formula is C19H21N5O2. The maximum absolute atomic E-state index is 12.5. The van der Waals surface area contributed by atoms with E-state index < -0.39 is 6.10 Å². The first-order chi connectivity index (χ1) is 12.5. The lowest BCUT2D eigenvalue weighted by atomic mass is 9.83. The number of aromatic nitrogens is 4. The molecule has 3 aromatic rings. The van der Waals surface area contributed by atoms with Gasteiger partial charge in [0.1, 0.15) is 0 Å². The van der Waals surface area contributed by atoms with Gasteiger partial charge in [-0.15, -0.1) is 0 Å². The van der Waals surface area contributed by atoms with E-state index in [0.29, 0.717) is 12.0 Å². The van der Waals surface area contributed by atoms with Crippen LogP contribution in [0.3, 0.4) is 0 Å². The minimum Gasteiger partial charge on any atom is -0.391 e. The molecule has 0 spiro atoms. The van der Waals surface area contributed by atoms with Crippen molar-refractivity contribution in [3.05, 3.63) is 65.7 Å². The summed E-state index contributed by atoms with van der Waals surface area (Å²) in [5, 5.41) is 21.6. The molecule has 1 amide bonds. The summed E-state index contributed by atoms with van der Waals surface area (Å²) in [4.78, 5) is 12.5. The molecule has 2 aromatic heterocycles. The van der Waals surface area contributed by atoms with E-state index in [1.807, 2.05) is 42.8 Å². The van der Waals surface area contributed by atoms with E-state index in [2.05, 4.69) is 15.5 Å². The van der Waals surface area contributed by atoms with Crippen molar-refractivity contribution in [1.29, 1.82) is 0 Å². The molecule has 2 heterocycles. The minimum absolute atomic E-state index is 0.131. The van der Waals surface area contributed by atoms with Crippen LogP contribution in [-0.2, 0) is 0 Å². The van der Waals surface area contributed by atoms with Crippen molar-refractivity contribution in [3.63, 3.8) is 0 Å². The summed E-state index contributed by atoms with van der Waals surface area (Å²) in [6.07, 6.45) is 3.51. The average molecular weight is 351 g/mol. The van der Waals surface area contributed by atoms with E-state index in [9.17, 15) is 9.90 Å². The summed E-state index contributed by atoms with van der Waals surface area (Å²) < 4.78 is 3.55. The van der Waals surface area contributed by atoms with Crippen molar-refractivity contribution in [3.8, 4) is 5.69 Å². The second-order valence-electron chi connectivity index (χ2n) is 6.75. The summed E-state index contributed by atoms with van der Waals surface area (Å²) >= 11 is 0. The molecule has 7 heteroatoms. The third-order valence-electron chi connectivity index (χ3n) is 4.83. The monoisotopic (exact) mass is 351 g/mol. The van der Waals surface area contributed by atoms with E-state index in [1.54, 1.807) is 29.2 Å². The van der Waals surface area contributed by atoms with Crippen LogP contribution in [0.5, 0.6) is 0 Å². The van der Waals surface area contributed by atoms with Crippen LogP contribution in [0.1, 0.15) is 34.2 Å². The highest BCUT2D eigenvalue weighted by Crippen LogP contribution is 2.32. The molecule has 1 fully saturated rings. The normalized spacial score (nSPS) is 22.0. The Balaban J connectivity index is 1.46. The molecule has 1 saturated carbocycles. The number of carbonyl (C=O) groups excluding carboxylic acids is 1. The van der Waals surface area contributed by atoms with Crippen LogP contribution in [0.15, 0.2) is 48.8 Å². The van der Waals surface area contributed by atoms with Crippen LogP contribution in [0.4, 0.5) is 0 Å². The predicted molar refractivity (Wildman–Crippen MR) is 96.2 cm³/mol. The van der Waals surface area contributed by atoms with Gasteiger partial charge in [-0.1, -0.05) is 0 Å². The Bertz CT molecular complexity index is 914. The molecule has 0 unspecified atom stereocenters. The quantitative estimate of drug-likeness (QED) is 0.750. The molecule has 4 rings (SSSR count). The first-order valence-corrected chi connectivity index (χ1v) is 8.64. The minimum atomic E-state index is -0.492. The van der Waals surface area contributed by atoms with Crippen molar-refractivity contribution >= 4 is 5.91 Å². The van der Waals surface area contributed by atoms with E-state index in [-0.39, 0.29) is 18.0 Å². The molecule has 1 aromatic carbocycles. The molecule has 0 saturated heterocycles. The zero-order chi connectivity index (χ0) is 18.3. The Labute approximate surface area is 151 Å². The van der Waals surface area contributed by atoms with Crippen LogP contribution in [0.25, 0.3) is 5.69 Å². The van der Waals surface area contributed by atoms with Crippen molar-refractivity contribution in [2.75, 3.05) is 0 Å². The van der Waals surface area contributed by atoms with Gasteiger partial charge >= 0.3 is 0 Å². The number of amides is 1. The zero-order valence-electron chi connectivity index (χ0n) is 14.7. The fourth-order valence-electron chi connectivity index (χ4n) is 3.47. The second-order valence-corrected chi connectivity index (χ2v) is 6.75. The molecule has 7 nitrogen and oxygen atoms in total. The van der Waals surface area contributed by atoms with Crippen molar-refractivity contribution in [2.24, 2.45) is 0 Å². The summed E-state index contributed by atoms with van der Waals surface area (Å²) in [6.45, 7) is 3.95. The third-order valence-corrected chi connectivity index (χ3v) is 4.83. The number of nitrogens with one attached hydrogen (secondary N) is 1. The van der Waals surface area contributed by atoms with E-state index in [0.717, 1.165) is 17.1 Å². The zero-order valence-corrected chi connectivity index (χ0v) is 14.7. The highest BCUT2D eigenvalue weighted by Gasteiger charge is 2.42. The lowest BCUT2D eigenvalue weighted by Gasteiger charge is -2.41. The molecule has 1 aliphatic carbocycles. The highest BCUT2D eigenvalue weighted by molar-refractivity contribution is 5.94. The summed E-state index contributed by atoms with van der Waals surface area (Å²) in [6, 6.07) is 10.8. The Hall–Kier alpha value is -2.93. The van der Waals surface area contributed by atoms with Crippen LogP contribution in [0, 0.1) is 13.8 Å². The SMILES string of the molecule is Cc1cc(C)n(-c2ccc(C(=O)N[C@H]3C[C@@H](O)[C@@H]3n3cccn3)cc2)n1. The largest absolute Gasteiger partial charge is 0.391 e. The van der Waals surface area contributed by atoms with Gasteiger partial charge in [-0.05, 0) is 56.7 Å². The molecule has 0 aliphatic heterocycles. The fourth-order valence-corrected chi connectivity index (χ4v) is 3.47. The fraction of sp³-hybridized carbons (Fsp3) is 0.316. The Kier molecular flexibility index (Phi) is 4.08. The van der Waals surface area contributed by atoms with Gasteiger partial charge in [0.05, 0.1) is 29.6 Å². The van der Waals surface area contributed by atoms with Crippen LogP contribution < -0.4 is 5.32 Å². The average Bonchev–Trinajstić information content (AvgIpc) is 3.23. The number of aliphatic hydroxyl groups excluding tert-OH is 1. The maximum Gasteiger partial charge on any atom is 0.251 e. The molecule has 26 heavy (non-hydrogen) atoms. The molecule has 134 valence electrons. The van der Waals surface area contributed by atoms with E-state index >= 15 is 0 Å². The number of nitrogens with zero attached hydrogens (tertiary/aromatic N) is 4. The van der Waals surface area contributed by atoms with Gasteiger partial charge in [-0.25, -0.2) is 4.68 Å². The Morgan fingerprint density at radius 3 is 2.62 bits per heavy atom. The number of carbonyl (C=O) groups is 1. The maximum atomic E-state index is 12.5. The number of aliphatic hydroxyl groups is 1. The molecule has 0 bridgehead atoms. The van der Waals surface area contributed by atoms with Crippen LogP contribution in [-0.4, -0.2) is 42.7 Å². The van der Waals surface area contributed by atoms with Crippen LogP contribution >= 0.6 is 0 Å². The smallest absolute Gasteiger partial charge is 0.251 e. The first-order valence-electron chi connectivity index (χ1n) is 8.64. The van der Waals surface area contributed by atoms with Gasteiger partial charge in [0.2, 0.25) is 0 Å². The van der Waals surface area contributed by atoms with Crippen molar-refractivity contribution in [2.45, 2.75) is 38.5 Å². The van der Waals surface area contributed by atoms with E-state index in [4.69, 9.17) is 0 Å². The standard InChI is InChI=1S/C19H21N5O2/c1-12-10-13(2)24(22-12)15-6-4-14(5-7-15)19(26)21-16-11-17(25)18(16)23-9-3-8-20-23/h3-10,16-18,25H,11H2,1-2H3,(H,21,26)/t16-,17+,18+/m0/s1. The first kappa shape index (κ1) is 16.5. The van der Waals surface area contributed by atoms with Gasteiger partial charge < -0.3 is 10.4 Å². The summed E-state index contributed by atoms with van der Waals surface area (Å²) in [5.74, 6) is -0.154. The Morgan fingerprint density at radius 2 is 2.04 bits per heavy atom. The molecule has 3 atom stereocenters. The topological polar surface area (TPSA) is 85.0 Å². The summed E-state index contributed by atoms with van der Waals surface area (Å²) in [7, 11) is 0. The lowest BCUT2D eigenvalue weighted by Crippen LogP contribution is -2.56. The van der Waals surface area contributed by atoms with Crippen molar-refractivity contribution < 1.29 is 9.90 Å². The number of hydrogen-bond donors (Lipinski definition) is 2. The molecule has 0 radical (unpaired) electrons. The second kappa shape index (κ2) is 6.42. The van der Waals surface area contributed by atoms with Gasteiger partial charge in [0.25, 0.3) is 5.91 Å². The van der Waals surface area contributed by atoms with Gasteiger partial charge in [0.15, 0.2) is 0 Å². The molecule has 1 aliphatic rings. The third kappa shape index (κ3) is 2.90. The summed E-state index contributed by atoms with van der Waals surface area (Å²) in [5.41, 5.74) is 3.50. The predicted octanol–water partition coefficient (Wildman–Crippen LogP) is 1.79.